The van der Waals surface area contributed by atoms with E-state index in [4.69, 9.17) is 5.11 Å². The number of amides is 2. The smallest absolute Gasteiger partial charge is 0.335 e. The van der Waals surface area contributed by atoms with Crippen LogP contribution in [-0.2, 0) is 9.59 Å². The first kappa shape index (κ1) is 18.4. The second-order valence-electron chi connectivity index (χ2n) is 6.56. The lowest BCUT2D eigenvalue weighted by atomic mass is 10.1. The molecular formula is C20H20N2O5. The summed E-state index contributed by atoms with van der Waals surface area (Å²) in [7, 11) is 0. The van der Waals surface area contributed by atoms with Crippen molar-refractivity contribution in [2.24, 2.45) is 5.92 Å². The summed E-state index contributed by atoms with van der Waals surface area (Å²) in [5.41, 5.74) is 1.03. The summed E-state index contributed by atoms with van der Waals surface area (Å²) in [6.07, 6.45) is 0.0942. The number of carboxylic acid groups (broad SMARTS) is 1. The molecule has 2 atom stereocenters. The molecule has 0 aromatic heterocycles. The van der Waals surface area contributed by atoms with Crippen molar-refractivity contribution in [1.29, 1.82) is 0 Å². The number of likely N-dealkylation sites (tertiary alicyclic amines) is 1. The summed E-state index contributed by atoms with van der Waals surface area (Å²) in [4.78, 5) is 37.5. The third-order valence-corrected chi connectivity index (χ3v) is 4.78. The first-order valence-electron chi connectivity index (χ1n) is 8.58. The van der Waals surface area contributed by atoms with Crippen molar-refractivity contribution in [2.45, 2.75) is 19.4 Å². The molecule has 2 aromatic rings. The Labute approximate surface area is 156 Å². The van der Waals surface area contributed by atoms with Crippen LogP contribution in [0.1, 0.15) is 35.3 Å². The molecule has 27 heavy (non-hydrogen) atoms. The van der Waals surface area contributed by atoms with Gasteiger partial charge in [0.05, 0.1) is 23.2 Å². The number of hydrogen-bond donors (Lipinski definition) is 3. The molecule has 2 aromatic carbocycles. The fraction of sp³-hybridized carbons (Fsp3) is 0.250. The van der Waals surface area contributed by atoms with E-state index in [9.17, 15) is 19.5 Å². The Bertz CT molecular complexity index is 881. The van der Waals surface area contributed by atoms with Gasteiger partial charge in [-0.2, -0.15) is 0 Å². The Balaban J connectivity index is 1.68. The Morgan fingerprint density at radius 1 is 1.19 bits per heavy atom. The highest BCUT2D eigenvalue weighted by Gasteiger charge is 2.37. The first-order chi connectivity index (χ1) is 12.9. The second-order valence-corrected chi connectivity index (χ2v) is 6.56. The van der Waals surface area contributed by atoms with Crippen molar-refractivity contribution in [1.82, 2.24) is 4.90 Å². The van der Waals surface area contributed by atoms with Crippen LogP contribution >= 0.6 is 0 Å². The van der Waals surface area contributed by atoms with Gasteiger partial charge in [0.25, 0.3) is 0 Å². The van der Waals surface area contributed by atoms with Crippen LogP contribution < -0.4 is 5.32 Å². The predicted octanol–water partition coefficient (Wildman–Crippen LogP) is 2.64. The summed E-state index contributed by atoms with van der Waals surface area (Å²) < 4.78 is 0. The van der Waals surface area contributed by atoms with Gasteiger partial charge in [-0.1, -0.05) is 30.3 Å². The number of nitrogens with one attached hydrogen (secondary N) is 1. The van der Waals surface area contributed by atoms with Crippen LogP contribution in [0.25, 0.3) is 0 Å². The average molecular weight is 368 g/mol. The SMILES string of the molecule is CC(c1ccccc1)N1CC(C(=O)Nc2ccc(C(=O)O)cc2O)CC1=O. The zero-order valence-corrected chi connectivity index (χ0v) is 14.8. The number of rotatable bonds is 5. The van der Waals surface area contributed by atoms with E-state index in [1.807, 2.05) is 37.3 Å². The molecular weight excluding hydrogens is 348 g/mol. The summed E-state index contributed by atoms with van der Waals surface area (Å²) in [5.74, 6) is -2.53. The molecule has 1 heterocycles. The normalized spacial score (nSPS) is 17.6. The summed E-state index contributed by atoms with van der Waals surface area (Å²) in [6.45, 7) is 2.21. The van der Waals surface area contributed by atoms with E-state index in [0.717, 1.165) is 11.6 Å². The second kappa shape index (κ2) is 7.49. The summed E-state index contributed by atoms with van der Waals surface area (Å²) in [6, 6.07) is 13.1. The maximum Gasteiger partial charge on any atom is 0.335 e. The van der Waals surface area contributed by atoms with Gasteiger partial charge in [-0.25, -0.2) is 4.79 Å². The van der Waals surface area contributed by atoms with E-state index in [1.165, 1.54) is 12.1 Å². The van der Waals surface area contributed by atoms with E-state index in [2.05, 4.69) is 5.32 Å². The number of aromatic carboxylic acids is 1. The molecule has 0 spiro atoms. The molecule has 0 bridgehead atoms. The predicted molar refractivity (Wildman–Crippen MR) is 98.4 cm³/mol. The molecule has 1 saturated heterocycles. The van der Waals surface area contributed by atoms with Gasteiger partial charge in [0, 0.05) is 13.0 Å². The molecule has 2 unspecified atom stereocenters. The van der Waals surface area contributed by atoms with Gasteiger partial charge in [0.15, 0.2) is 0 Å². The van der Waals surface area contributed by atoms with Crippen LogP contribution in [0.3, 0.4) is 0 Å². The van der Waals surface area contributed by atoms with Crippen molar-refractivity contribution in [3.8, 4) is 5.75 Å². The molecule has 0 saturated carbocycles. The van der Waals surface area contributed by atoms with Crippen LogP contribution in [0.2, 0.25) is 0 Å². The molecule has 1 fully saturated rings. The third-order valence-electron chi connectivity index (χ3n) is 4.78. The van der Waals surface area contributed by atoms with E-state index in [1.54, 1.807) is 4.90 Å². The zero-order valence-electron chi connectivity index (χ0n) is 14.8. The molecule has 7 heteroatoms. The van der Waals surface area contributed by atoms with Crippen molar-refractivity contribution < 1.29 is 24.6 Å². The minimum Gasteiger partial charge on any atom is -0.506 e. The fourth-order valence-corrected chi connectivity index (χ4v) is 3.20. The topological polar surface area (TPSA) is 107 Å². The zero-order chi connectivity index (χ0) is 19.6. The van der Waals surface area contributed by atoms with Crippen molar-refractivity contribution in [3.05, 3.63) is 59.7 Å². The Morgan fingerprint density at radius 3 is 2.52 bits per heavy atom. The Kier molecular flexibility index (Phi) is 5.12. The van der Waals surface area contributed by atoms with Gasteiger partial charge < -0.3 is 20.4 Å². The molecule has 140 valence electrons. The van der Waals surface area contributed by atoms with Gasteiger partial charge in [0.1, 0.15) is 5.75 Å². The number of phenolic OH excluding ortho intramolecular Hbond substituents is 1. The number of aromatic hydroxyl groups is 1. The molecule has 3 N–H and O–H groups in total. The number of nitrogens with zero attached hydrogens (tertiary/aromatic N) is 1. The number of carbonyl (C=O) groups is 3. The largest absolute Gasteiger partial charge is 0.506 e. The molecule has 3 rings (SSSR count). The van der Waals surface area contributed by atoms with E-state index in [0.29, 0.717) is 0 Å². The summed E-state index contributed by atoms with van der Waals surface area (Å²) >= 11 is 0. The molecule has 1 aliphatic heterocycles. The van der Waals surface area contributed by atoms with Crippen LogP contribution in [0, 0.1) is 5.92 Å². The summed E-state index contributed by atoms with van der Waals surface area (Å²) in [5, 5.41) is 21.4. The van der Waals surface area contributed by atoms with E-state index >= 15 is 0 Å². The first-order valence-corrected chi connectivity index (χ1v) is 8.58. The third kappa shape index (κ3) is 3.92. The molecule has 0 radical (unpaired) electrons. The quantitative estimate of drug-likeness (QED) is 0.704. The van der Waals surface area contributed by atoms with Gasteiger partial charge >= 0.3 is 5.97 Å². The fourth-order valence-electron chi connectivity index (χ4n) is 3.20. The minimum absolute atomic E-state index is 0.0793. The monoisotopic (exact) mass is 368 g/mol. The van der Waals surface area contributed by atoms with Crippen molar-refractivity contribution in [3.63, 3.8) is 0 Å². The van der Waals surface area contributed by atoms with Gasteiger partial charge in [0.2, 0.25) is 11.8 Å². The Morgan fingerprint density at radius 2 is 1.89 bits per heavy atom. The number of carbonyl (C=O) groups excluding carboxylic acids is 2. The highest BCUT2D eigenvalue weighted by atomic mass is 16.4. The average Bonchev–Trinajstić information content (AvgIpc) is 3.05. The van der Waals surface area contributed by atoms with Crippen molar-refractivity contribution in [2.75, 3.05) is 11.9 Å². The van der Waals surface area contributed by atoms with Crippen LogP contribution in [0.4, 0.5) is 5.69 Å². The lowest BCUT2D eigenvalue weighted by Crippen LogP contribution is -2.30. The minimum atomic E-state index is -1.17. The molecule has 1 aliphatic rings. The number of phenols is 1. The maximum atomic E-state index is 12.5. The van der Waals surface area contributed by atoms with Gasteiger partial charge in [-0.15, -0.1) is 0 Å². The Hall–Kier alpha value is -3.35. The highest BCUT2D eigenvalue weighted by molar-refractivity contribution is 5.99. The molecule has 7 nitrogen and oxygen atoms in total. The lowest BCUT2D eigenvalue weighted by Gasteiger charge is -2.25. The number of carboxylic acids is 1. The molecule has 2 amide bonds. The highest BCUT2D eigenvalue weighted by Crippen LogP contribution is 2.30. The lowest BCUT2D eigenvalue weighted by molar-refractivity contribution is -0.129. The van der Waals surface area contributed by atoms with Crippen molar-refractivity contribution >= 4 is 23.5 Å². The van der Waals surface area contributed by atoms with Crippen LogP contribution in [0.15, 0.2) is 48.5 Å². The number of anilines is 1. The van der Waals surface area contributed by atoms with Gasteiger partial charge in [-0.3, -0.25) is 9.59 Å². The molecule has 0 aliphatic carbocycles. The van der Waals surface area contributed by atoms with E-state index < -0.39 is 11.9 Å². The van der Waals surface area contributed by atoms with Crippen LogP contribution in [0.5, 0.6) is 5.75 Å². The number of hydrogen-bond acceptors (Lipinski definition) is 4. The number of benzene rings is 2. The van der Waals surface area contributed by atoms with E-state index in [-0.39, 0.29) is 47.8 Å². The van der Waals surface area contributed by atoms with Gasteiger partial charge in [-0.05, 0) is 30.7 Å². The maximum absolute atomic E-state index is 12.5. The standard InChI is InChI=1S/C20H20N2O5/c1-12(13-5-3-2-4-6-13)22-11-15(10-18(22)24)19(25)21-16-8-7-14(20(26)27)9-17(16)23/h2-9,12,15,23H,10-11H2,1H3,(H,21,25)(H,26,27). The van der Waals surface area contributed by atoms with Crippen LogP contribution in [-0.4, -0.2) is 39.4 Å².